The van der Waals surface area contributed by atoms with Gasteiger partial charge in [0.05, 0.1) is 35.6 Å². The van der Waals surface area contributed by atoms with Crippen LogP contribution in [0.4, 0.5) is 0 Å². The topological polar surface area (TPSA) is 0 Å². The van der Waals surface area contributed by atoms with Gasteiger partial charge in [0, 0.05) is 15.2 Å². The van der Waals surface area contributed by atoms with Crippen molar-refractivity contribution in [2.45, 2.75) is 9.79 Å². The Hall–Kier alpha value is -5.37. The van der Waals surface area contributed by atoms with E-state index in [4.69, 9.17) is 20.6 Å². The van der Waals surface area contributed by atoms with Gasteiger partial charge in [-0.25, -0.2) is 0 Å². The van der Waals surface area contributed by atoms with Crippen molar-refractivity contribution in [1.82, 2.24) is 0 Å². The monoisotopic (exact) mass is 612 g/mol. The zero-order valence-electron chi connectivity index (χ0n) is 48.4. The molecule has 1 aliphatic heterocycles. The van der Waals surface area contributed by atoms with Crippen molar-refractivity contribution in [2.75, 3.05) is 0 Å². The first-order valence-electron chi connectivity index (χ1n) is 26.4. The summed E-state index contributed by atoms with van der Waals surface area (Å²) in [5, 5.41) is -3.28. The lowest BCUT2D eigenvalue weighted by Crippen LogP contribution is -1.93. The van der Waals surface area contributed by atoms with E-state index in [0.29, 0.717) is 11.8 Å². The van der Waals surface area contributed by atoms with Crippen LogP contribution in [0.25, 0.3) is 87.6 Å². The number of rotatable bonds is 3. The molecule has 45 heavy (non-hydrogen) atoms. The Labute approximate surface area is 302 Å². The van der Waals surface area contributed by atoms with Crippen molar-refractivity contribution in [3.05, 3.63) is 157 Å². The lowest BCUT2D eigenvalue weighted by atomic mass is 9.87. The van der Waals surface area contributed by atoms with E-state index in [1.807, 2.05) is 0 Å². The van der Waals surface area contributed by atoms with Crippen LogP contribution in [-0.4, -0.2) is 0 Å². The summed E-state index contributed by atoms with van der Waals surface area (Å²) in [5.41, 5.74) is -4.83. The molecule has 0 saturated heterocycles. The van der Waals surface area contributed by atoms with Gasteiger partial charge in [-0.15, -0.1) is 0 Å². The third-order valence-corrected chi connectivity index (χ3v) is 8.59. The summed E-state index contributed by atoms with van der Waals surface area (Å²) in [6.45, 7) is 0. The fourth-order valence-corrected chi connectivity index (χ4v) is 6.58. The van der Waals surface area contributed by atoms with Gasteiger partial charge in [-0.2, -0.15) is 0 Å². The van der Waals surface area contributed by atoms with Crippen molar-refractivity contribution < 1.29 is 35.6 Å². The van der Waals surface area contributed by atoms with E-state index in [1.54, 1.807) is 0 Å². The van der Waals surface area contributed by atoms with E-state index in [1.165, 1.54) is 0 Å². The minimum atomic E-state index is -0.996. The summed E-state index contributed by atoms with van der Waals surface area (Å²) in [5.74, 6) is 0. The van der Waals surface area contributed by atoms with E-state index in [0.717, 1.165) is 0 Å². The second-order valence-electron chi connectivity index (χ2n) is 10.0. The summed E-state index contributed by atoms with van der Waals surface area (Å²) in [7, 11) is 0. The number of benzene rings is 9. The quantitative estimate of drug-likeness (QED) is 0.179. The molecule has 0 radical (unpaired) electrons. The Kier molecular flexibility index (Phi) is 2.26. The van der Waals surface area contributed by atoms with Crippen molar-refractivity contribution in [3.8, 4) is 44.5 Å². The maximum absolute atomic E-state index is 9.75. The molecule has 0 spiro atoms. The number of fused-ring (bicyclic) bond motifs is 2. The molecule has 0 bridgehead atoms. The van der Waals surface area contributed by atoms with E-state index >= 15 is 0 Å². The van der Waals surface area contributed by atoms with Crippen molar-refractivity contribution in [2.24, 2.45) is 0 Å². The van der Waals surface area contributed by atoms with Gasteiger partial charge in [0.15, 0.2) is 0 Å². The summed E-state index contributed by atoms with van der Waals surface area (Å²) in [6, 6.07) is -21.0. The molecule has 1 heteroatoms. The van der Waals surface area contributed by atoms with Gasteiger partial charge < -0.3 is 0 Å². The minimum Gasteiger partial charge on any atom is -0.0888 e. The molecular formula is C44H26S. The highest BCUT2D eigenvalue weighted by atomic mass is 32.2. The zero-order valence-corrected chi connectivity index (χ0v) is 23.2. The maximum Gasteiger partial charge on any atom is 0.0636 e. The van der Waals surface area contributed by atoms with Crippen LogP contribution in [0.5, 0.6) is 0 Å². The van der Waals surface area contributed by atoms with Crippen LogP contribution >= 0.6 is 11.8 Å². The smallest absolute Gasteiger partial charge is 0.0636 e. The molecule has 0 fully saturated rings. The molecule has 0 aromatic heterocycles. The molecule has 0 unspecified atom stereocenters. The van der Waals surface area contributed by atoms with Gasteiger partial charge in [0.2, 0.25) is 0 Å². The summed E-state index contributed by atoms with van der Waals surface area (Å²) in [6.07, 6.45) is 0. The molecule has 0 saturated carbocycles. The van der Waals surface area contributed by atoms with Crippen LogP contribution in [0.15, 0.2) is 167 Å². The lowest BCUT2D eigenvalue weighted by Gasteiger charge is -2.21. The molecular weight excluding hydrogens is 561 g/mol. The third kappa shape index (κ3) is 3.75. The van der Waals surface area contributed by atoms with Crippen LogP contribution in [0.3, 0.4) is 0 Å². The lowest BCUT2D eigenvalue weighted by molar-refractivity contribution is 1.39. The second kappa shape index (κ2) is 9.56. The first-order valence-corrected chi connectivity index (χ1v) is 14.2. The number of hydrogen-bond donors (Lipinski definition) is 0. The molecule has 10 rings (SSSR count). The molecule has 9 aromatic rings. The zero-order chi connectivity index (χ0) is 52.1. The fourth-order valence-electron chi connectivity index (χ4n) is 5.61. The Morgan fingerprint density at radius 3 is 1.71 bits per heavy atom. The van der Waals surface area contributed by atoms with E-state index < -0.39 is 217 Å². The molecule has 1 heterocycles. The predicted molar refractivity (Wildman–Crippen MR) is 194 cm³/mol. The Bertz CT molecular complexity index is 4050. The van der Waals surface area contributed by atoms with Crippen molar-refractivity contribution in [1.29, 1.82) is 0 Å². The summed E-state index contributed by atoms with van der Waals surface area (Å²) < 4.78 is 234. The fraction of sp³-hybridized carbons (Fsp3) is 0. The van der Waals surface area contributed by atoms with Crippen LogP contribution in [0.2, 0.25) is 0 Å². The van der Waals surface area contributed by atoms with Crippen LogP contribution in [-0.2, 0) is 0 Å². The Balaban J connectivity index is 1.38. The van der Waals surface area contributed by atoms with Gasteiger partial charge in [-0.05, 0) is 106 Å². The molecule has 0 aliphatic carbocycles. The number of hydrogen-bond acceptors (Lipinski definition) is 1. The van der Waals surface area contributed by atoms with E-state index in [-0.39, 0.29) is 37.1 Å². The Morgan fingerprint density at radius 2 is 0.933 bits per heavy atom. The van der Waals surface area contributed by atoms with Crippen LogP contribution in [0, 0.1) is 0 Å². The minimum absolute atomic E-state index is 0.0874. The largest absolute Gasteiger partial charge is 0.0888 e. The molecule has 208 valence electrons. The average Bonchev–Trinajstić information content (AvgIpc) is 3.33. The van der Waals surface area contributed by atoms with Gasteiger partial charge in [-0.3, -0.25) is 0 Å². The van der Waals surface area contributed by atoms with Crippen LogP contribution < -0.4 is 0 Å². The molecule has 0 N–H and O–H groups in total. The first kappa shape index (κ1) is 10.6. The van der Waals surface area contributed by atoms with Crippen molar-refractivity contribution in [3.63, 3.8) is 0 Å². The Morgan fingerprint density at radius 1 is 0.333 bits per heavy atom. The van der Waals surface area contributed by atoms with E-state index in [9.17, 15) is 15.1 Å². The SMILES string of the molecule is [2H]c1c([2H])c([2H])c(-c2c([2H])c([2H])c3c([2H])c([2H])c4c(-c5c([2H])c([2H])c([2H])c(-c6c([2H])c([2H])c7c(c6[2H])-c6c([2H])c([2H])c([2H])c8c([2H])c([2H])c([2H])c(c68)S7)c5[2H])c([2H])c([2H])c5c([2H])c([2H])c2c3c54)c([2H])c1[2H]. The van der Waals surface area contributed by atoms with Gasteiger partial charge in [0.1, 0.15) is 0 Å². The molecule has 1 aliphatic rings. The summed E-state index contributed by atoms with van der Waals surface area (Å²) in [4.78, 5) is -0.306. The van der Waals surface area contributed by atoms with Gasteiger partial charge in [0.25, 0.3) is 0 Å². The second-order valence-corrected chi connectivity index (χ2v) is 11.0. The van der Waals surface area contributed by atoms with Gasteiger partial charge >= 0.3 is 0 Å². The van der Waals surface area contributed by atoms with E-state index in [2.05, 4.69) is 0 Å². The maximum atomic E-state index is 9.75. The van der Waals surface area contributed by atoms with Crippen LogP contribution in [0.1, 0.15) is 35.6 Å². The molecule has 0 nitrogen and oxygen atoms in total. The summed E-state index contributed by atoms with van der Waals surface area (Å²) >= 11 is 0.646. The molecule has 9 aromatic carbocycles. The normalized spacial score (nSPS) is 20.4. The predicted octanol–water partition coefficient (Wildman–Crippen LogP) is 12.9. The average molecular weight is 613 g/mol. The standard InChI is InChI=1S/C44H26S/c1-2-7-27(8-3-1)34-20-15-29-18-23-38-35(21-16-30-17-22-37(34)43(29)44(30)38)33-12-4-11-31(25-33)32-19-24-40-39(26-32)36-13-5-9-28-10-6-14-41(45-40)42(28)36/h1-26H/i1D,2D,3D,4D,5D,6D,7D,8D,9D,10D,11D,12D,13D,14D,15D,16D,17D,18D,19D,20D,21D,22D,23D,24D,25D,26D. The van der Waals surface area contributed by atoms with Gasteiger partial charge in [-0.1, -0.05) is 145 Å². The third-order valence-electron chi connectivity index (χ3n) is 7.57. The molecule has 0 amide bonds. The first-order chi connectivity index (χ1) is 33.2. The highest BCUT2D eigenvalue weighted by Crippen LogP contribution is 2.49. The highest BCUT2D eigenvalue weighted by molar-refractivity contribution is 7.99. The highest BCUT2D eigenvalue weighted by Gasteiger charge is 2.20. The molecule has 0 atom stereocenters. The van der Waals surface area contributed by atoms with Crippen molar-refractivity contribution >= 4 is 54.9 Å².